The molecular weight excluding hydrogens is 316 g/mol. The summed E-state index contributed by atoms with van der Waals surface area (Å²) in [6.45, 7) is 0. The Labute approximate surface area is 145 Å². The minimum absolute atomic E-state index is 0.210. The molecule has 2 aromatic heterocycles. The number of nitrogens with two attached hydrogens (primary N) is 1. The lowest BCUT2D eigenvalue weighted by molar-refractivity contribution is 0.409. The van der Waals surface area contributed by atoms with E-state index < -0.39 is 0 Å². The predicted octanol–water partition coefficient (Wildman–Crippen LogP) is 1.54. The Morgan fingerprint density at radius 3 is 2.76 bits per heavy atom. The van der Waals surface area contributed by atoms with Crippen molar-refractivity contribution in [3.05, 3.63) is 29.8 Å². The van der Waals surface area contributed by atoms with Crippen molar-refractivity contribution < 1.29 is 0 Å². The quantitative estimate of drug-likeness (QED) is 0.719. The number of anilines is 3. The van der Waals surface area contributed by atoms with Crippen molar-refractivity contribution in [2.75, 3.05) is 10.6 Å². The van der Waals surface area contributed by atoms with Crippen molar-refractivity contribution >= 4 is 17.3 Å². The third-order valence-corrected chi connectivity index (χ3v) is 4.03. The molecule has 4 N–H and O–H groups in total. The van der Waals surface area contributed by atoms with Crippen LogP contribution in [0.2, 0.25) is 0 Å². The highest BCUT2D eigenvalue weighted by Crippen LogP contribution is 2.24. The maximum Gasteiger partial charge on any atom is 0.158 e. The third kappa shape index (κ3) is 4.19. The Morgan fingerprint density at radius 2 is 2.08 bits per heavy atom. The highest BCUT2D eigenvalue weighted by molar-refractivity contribution is 5.62. The van der Waals surface area contributed by atoms with Gasteiger partial charge in [-0.25, -0.2) is 9.97 Å². The summed E-state index contributed by atoms with van der Waals surface area (Å²) >= 11 is 0. The highest BCUT2D eigenvalue weighted by Gasteiger charge is 2.20. The summed E-state index contributed by atoms with van der Waals surface area (Å²) in [5.74, 6) is 3.50. The summed E-state index contributed by atoms with van der Waals surface area (Å²) in [4.78, 5) is 8.06. The van der Waals surface area contributed by atoms with Gasteiger partial charge < -0.3 is 16.4 Å². The van der Waals surface area contributed by atoms with Crippen molar-refractivity contribution in [2.24, 2.45) is 5.73 Å². The van der Waals surface area contributed by atoms with Crippen LogP contribution in [0.25, 0.3) is 0 Å². The van der Waals surface area contributed by atoms with Gasteiger partial charge in [0.05, 0.1) is 18.1 Å². The van der Waals surface area contributed by atoms with E-state index in [0.29, 0.717) is 17.3 Å². The van der Waals surface area contributed by atoms with E-state index in [1.54, 1.807) is 6.07 Å². The molecule has 0 saturated heterocycles. The van der Waals surface area contributed by atoms with Crippen LogP contribution in [-0.4, -0.2) is 32.2 Å². The Morgan fingerprint density at radius 1 is 1.20 bits per heavy atom. The number of terminal acetylenes is 1. The topological polar surface area (TPSA) is 125 Å². The molecule has 25 heavy (non-hydrogen) atoms. The lowest BCUT2D eigenvalue weighted by Crippen LogP contribution is -2.35. The lowest BCUT2D eigenvalue weighted by Gasteiger charge is -2.28. The van der Waals surface area contributed by atoms with Crippen LogP contribution in [-0.2, 0) is 0 Å². The first-order chi connectivity index (χ1) is 12.2. The highest BCUT2D eigenvalue weighted by atomic mass is 15.2. The molecule has 2 heterocycles. The van der Waals surface area contributed by atoms with Crippen molar-refractivity contribution in [3.63, 3.8) is 0 Å². The van der Waals surface area contributed by atoms with E-state index in [2.05, 4.69) is 36.7 Å². The first-order valence-electron chi connectivity index (χ1n) is 8.03. The van der Waals surface area contributed by atoms with Gasteiger partial charge in [-0.1, -0.05) is 0 Å². The maximum absolute atomic E-state index is 8.76. The SMILES string of the molecule is C#Cc1nnc(Nc2cnc(C#N)cn2)cc1NC1CCCC(N)C1. The van der Waals surface area contributed by atoms with Gasteiger partial charge >= 0.3 is 0 Å². The normalized spacial score (nSPS) is 19.5. The summed E-state index contributed by atoms with van der Waals surface area (Å²) in [7, 11) is 0. The van der Waals surface area contributed by atoms with E-state index in [1.807, 2.05) is 6.07 Å². The fourth-order valence-electron chi connectivity index (χ4n) is 2.83. The van der Waals surface area contributed by atoms with Crippen LogP contribution >= 0.6 is 0 Å². The maximum atomic E-state index is 8.76. The third-order valence-electron chi connectivity index (χ3n) is 4.03. The fourth-order valence-corrected chi connectivity index (χ4v) is 2.83. The fraction of sp³-hybridized carbons (Fsp3) is 0.353. The Hall–Kier alpha value is -3.23. The van der Waals surface area contributed by atoms with Crippen molar-refractivity contribution in [1.29, 1.82) is 5.26 Å². The Kier molecular flexibility index (Phi) is 5.03. The summed E-state index contributed by atoms with van der Waals surface area (Å²) in [5, 5.41) is 23.3. The molecule has 8 nitrogen and oxygen atoms in total. The van der Waals surface area contributed by atoms with Gasteiger partial charge in [0.1, 0.15) is 11.9 Å². The van der Waals surface area contributed by atoms with E-state index in [-0.39, 0.29) is 17.8 Å². The van der Waals surface area contributed by atoms with E-state index in [9.17, 15) is 0 Å². The predicted molar refractivity (Wildman–Crippen MR) is 93.9 cm³/mol. The van der Waals surface area contributed by atoms with Crippen molar-refractivity contribution in [2.45, 2.75) is 37.8 Å². The number of nitrogens with one attached hydrogen (secondary N) is 2. The second kappa shape index (κ2) is 7.56. The summed E-state index contributed by atoms with van der Waals surface area (Å²) < 4.78 is 0. The average Bonchev–Trinajstić information content (AvgIpc) is 2.63. The molecule has 0 aliphatic heterocycles. The summed E-state index contributed by atoms with van der Waals surface area (Å²) in [6.07, 6.45) is 12.5. The molecule has 1 saturated carbocycles. The van der Waals surface area contributed by atoms with Crippen molar-refractivity contribution in [1.82, 2.24) is 20.2 Å². The number of rotatable bonds is 4. The van der Waals surface area contributed by atoms with Crippen LogP contribution in [0.4, 0.5) is 17.3 Å². The lowest BCUT2D eigenvalue weighted by atomic mass is 9.91. The summed E-state index contributed by atoms with van der Waals surface area (Å²) in [5.41, 5.74) is 7.48. The smallest absolute Gasteiger partial charge is 0.158 e. The molecule has 126 valence electrons. The number of nitriles is 1. The first kappa shape index (κ1) is 16.6. The second-order valence-corrected chi connectivity index (χ2v) is 5.93. The summed E-state index contributed by atoms with van der Waals surface area (Å²) in [6, 6.07) is 4.19. The molecule has 1 aliphatic carbocycles. The molecule has 0 aromatic carbocycles. The van der Waals surface area contributed by atoms with Crippen LogP contribution in [0, 0.1) is 23.7 Å². The van der Waals surface area contributed by atoms with Gasteiger partial charge in [0.15, 0.2) is 17.2 Å². The molecular formula is C17H18N8. The molecule has 0 radical (unpaired) electrons. The average molecular weight is 334 g/mol. The molecule has 0 amide bonds. The molecule has 8 heteroatoms. The van der Waals surface area contributed by atoms with Gasteiger partial charge in [-0.2, -0.15) is 5.26 Å². The van der Waals surface area contributed by atoms with Crippen LogP contribution in [0.3, 0.4) is 0 Å². The van der Waals surface area contributed by atoms with Crippen LogP contribution in [0.5, 0.6) is 0 Å². The van der Waals surface area contributed by atoms with Gasteiger partial charge in [0.2, 0.25) is 0 Å². The number of nitrogens with zero attached hydrogens (tertiary/aromatic N) is 5. The molecule has 0 bridgehead atoms. The zero-order valence-corrected chi connectivity index (χ0v) is 13.6. The van der Waals surface area contributed by atoms with Gasteiger partial charge in [-0.3, -0.25) is 0 Å². The van der Waals surface area contributed by atoms with E-state index >= 15 is 0 Å². The largest absolute Gasteiger partial charge is 0.380 e. The molecule has 1 fully saturated rings. The van der Waals surface area contributed by atoms with Crippen LogP contribution in [0.1, 0.15) is 37.1 Å². The molecule has 1 aliphatic rings. The molecule has 2 atom stereocenters. The zero-order valence-electron chi connectivity index (χ0n) is 13.6. The first-order valence-corrected chi connectivity index (χ1v) is 8.03. The minimum atomic E-state index is 0.210. The van der Waals surface area contributed by atoms with E-state index in [1.165, 1.54) is 12.4 Å². The minimum Gasteiger partial charge on any atom is -0.380 e. The Balaban J connectivity index is 1.77. The number of aromatic nitrogens is 4. The molecule has 3 rings (SSSR count). The van der Waals surface area contributed by atoms with Gasteiger partial charge in [-0.05, 0) is 31.6 Å². The standard InChI is InChI=1S/C17H18N8/c1-2-14-15(22-12-5-3-4-11(19)6-12)7-16(25-24-14)23-17-10-20-13(8-18)9-21-17/h1,7,9-12H,3-6,19H2,(H2,21,22,23,25). The van der Waals surface area contributed by atoms with Crippen LogP contribution in [0.15, 0.2) is 18.5 Å². The van der Waals surface area contributed by atoms with Gasteiger partial charge in [-0.15, -0.1) is 16.6 Å². The van der Waals surface area contributed by atoms with E-state index in [0.717, 1.165) is 31.4 Å². The zero-order chi connectivity index (χ0) is 17.6. The number of hydrogen-bond acceptors (Lipinski definition) is 8. The van der Waals surface area contributed by atoms with E-state index in [4.69, 9.17) is 17.4 Å². The number of hydrogen-bond donors (Lipinski definition) is 3. The monoisotopic (exact) mass is 334 g/mol. The second-order valence-electron chi connectivity index (χ2n) is 5.93. The molecule has 2 unspecified atom stereocenters. The molecule has 0 spiro atoms. The van der Waals surface area contributed by atoms with Crippen LogP contribution < -0.4 is 16.4 Å². The van der Waals surface area contributed by atoms with Crippen molar-refractivity contribution in [3.8, 4) is 18.4 Å². The van der Waals surface area contributed by atoms with Gasteiger partial charge in [0, 0.05) is 18.2 Å². The Bertz CT molecular complexity index is 818. The molecule has 2 aromatic rings. The van der Waals surface area contributed by atoms with Gasteiger partial charge in [0.25, 0.3) is 0 Å².